The zero-order chi connectivity index (χ0) is 13.2. The summed E-state index contributed by atoms with van der Waals surface area (Å²) in [5.41, 5.74) is 0.824. The molecule has 0 radical (unpaired) electrons. The highest BCUT2D eigenvalue weighted by Crippen LogP contribution is 2.26. The summed E-state index contributed by atoms with van der Waals surface area (Å²) >= 11 is 0. The molecule has 2 fully saturated rings. The Kier molecular flexibility index (Phi) is 3.55. The van der Waals surface area contributed by atoms with Crippen molar-refractivity contribution in [2.24, 2.45) is 5.92 Å². The summed E-state index contributed by atoms with van der Waals surface area (Å²) < 4.78 is 5.05. The molecule has 5 heteroatoms. The summed E-state index contributed by atoms with van der Waals surface area (Å²) in [4.78, 5) is 14.2. The lowest BCUT2D eigenvalue weighted by molar-refractivity contribution is 0.0632. The van der Waals surface area contributed by atoms with Gasteiger partial charge in [0, 0.05) is 24.7 Å². The molecular weight excluding hydrogens is 242 g/mol. The van der Waals surface area contributed by atoms with E-state index in [-0.39, 0.29) is 5.91 Å². The van der Waals surface area contributed by atoms with Crippen molar-refractivity contribution in [1.82, 2.24) is 15.4 Å². The van der Waals surface area contributed by atoms with Crippen molar-refractivity contribution in [1.29, 1.82) is 0 Å². The highest BCUT2D eigenvalue weighted by Gasteiger charge is 2.31. The maximum atomic E-state index is 12.3. The van der Waals surface area contributed by atoms with Crippen molar-refractivity contribution >= 4 is 5.91 Å². The molecule has 0 aromatic carbocycles. The van der Waals surface area contributed by atoms with Gasteiger partial charge in [0.05, 0.1) is 6.20 Å². The van der Waals surface area contributed by atoms with Crippen LogP contribution in [0, 0.1) is 12.8 Å². The zero-order valence-corrected chi connectivity index (χ0v) is 11.4. The summed E-state index contributed by atoms with van der Waals surface area (Å²) in [6.07, 6.45) is 6.37. The van der Waals surface area contributed by atoms with E-state index >= 15 is 0 Å². The summed E-state index contributed by atoms with van der Waals surface area (Å²) in [6.45, 7) is 4.68. The first kappa shape index (κ1) is 12.7. The smallest absolute Gasteiger partial charge is 0.292 e. The molecule has 104 valence electrons. The van der Waals surface area contributed by atoms with E-state index in [0.717, 1.165) is 44.0 Å². The molecule has 1 N–H and O–H groups in total. The second-order valence-electron chi connectivity index (χ2n) is 5.67. The molecule has 0 bridgehead atoms. The highest BCUT2D eigenvalue weighted by molar-refractivity contribution is 5.92. The second-order valence-corrected chi connectivity index (χ2v) is 5.67. The van der Waals surface area contributed by atoms with Crippen LogP contribution in [0.5, 0.6) is 0 Å². The molecule has 0 aliphatic carbocycles. The predicted molar refractivity (Wildman–Crippen MR) is 70.9 cm³/mol. The fourth-order valence-corrected chi connectivity index (χ4v) is 3.26. The number of amides is 1. The van der Waals surface area contributed by atoms with Gasteiger partial charge in [-0.05, 0) is 45.1 Å². The number of carbonyl (C=O) groups excluding carboxylic acids is 1. The Hall–Kier alpha value is -1.36. The van der Waals surface area contributed by atoms with E-state index in [1.807, 2.05) is 11.8 Å². The summed E-state index contributed by atoms with van der Waals surface area (Å²) in [6, 6.07) is 0.671. The van der Waals surface area contributed by atoms with E-state index < -0.39 is 0 Å². The Morgan fingerprint density at radius 3 is 2.79 bits per heavy atom. The van der Waals surface area contributed by atoms with Gasteiger partial charge in [0.25, 0.3) is 5.91 Å². The molecule has 3 heterocycles. The molecule has 1 unspecified atom stereocenters. The Morgan fingerprint density at radius 2 is 2.21 bits per heavy atom. The van der Waals surface area contributed by atoms with E-state index in [2.05, 4.69) is 10.5 Å². The van der Waals surface area contributed by atoms with Crippen LogP contribution in [0.2, 0.25) is 0 Å². The van der Waals surface area contributed by atoms with Crippen LogP contribution >= 0.6 is 0 Å². The first-order chi connectivity index (χ1) is 9.25. The van der Waals surface area contributed by atoms with Gasteiger partial charge in [0.1, 0.15) is 0 Å². The predicted octanol–water partition coefficient (Wildman–Crippen LogP) is 1.59. The average molecular weight is 263 g/mol. The highest BCUT2D eigenvalue weighted by atomic mass is 16.5. The van der Waals surface area contributed by atoms with Crippen LogP contribution < -0.4 is 5.32 Å². The van der Waals surface area contributed by atoms with Crippen molar-refractivity contribution in [2.45, 2.75) is 38.6 Å². The van der Waals surface area contributed by atoms with Crippen LogP contribution in [-0.4, -0.2) is 41.6 Å². The molecule has 0 spiro atoms. The molecule has 1 amide bonds. The standard InChI is InChI=1S/C14H21N3O2/c1-10-9-16-19-13(10)14(18)17-7-4-11(5-8-17)12-3-2-6-15-12/h9,11-12,15H,2-8H2,1H3. The van der Waals surface area contributed by atoms with Crippen LogP contribution in [-0.2, 0) is 0 Å². The maximum Gasteiger partial charge on any atom is 0.292 e. The SMILES string of the molecule is Cc1cnoc1C(=O)N1CCC(C2CCCN2)CC1. The average Bonchev–Trinajstić information content (AvgIpc) is 3.09. The van der Waals surface area contributed by atoms with E-state index in [4.69, 9.17) is 4.52 Å². The molecule has 1 aromatic rings. The second kappa shape index (κ2) is 5.33. The quantitative estimate of drug-likeness (QED) is 0.880. The first-order valence-corrected chi connectivity index (χ1v) is 7.19. The van der Waals surface area contributed by atoms with Crippen LogP contribution in [0.4, 0.5) is 0 Å². The van der Waals surface area contributed by atoms with Crippen LogP contribution in [0.1, 0.15) is 41.8 Å². The van der Waals surface area contributed by atoms with Crippen molar-refractivity contribution in [3.63, 3.8) is 0 Å². The lowest BCUT2D eigenvalue weighted by atomic mass is 9.88. The third-order valence-corrected chi connectivity index (χ3v) is 4.44. The van der Waals surface area contributed by atoms with Crippen LogP contribution in [0.15, 0.2) is 10.7 Å². The van der Waals surface area contributed by atoms with Gasteiger partial charge in [0.15, 0.2) is 0 Å². The number of aryl methyl sites for hydroxylation is 1. The van der Waals surface area contributed by atoms with Gasteiger partial charge >= 0.3 is 0 Å². The summed E-state index contributed by atoms with van der Waals surface area (Å²) in [5, 5.41) is 7.26. The Morgan fingerprint density at radius 1 is 1.42 bits per heavy atom. The molecule has 19 heavy (non-hydrogen) atoms. The fourth-order valence-electron chi connectivity index (χ4n) is 3.26. The molecule has 2 aliphatic rings. The number of likely N-dealkylation sites (tertiary alicyclic amines) is 1. The fraction of sp³-hybridized carbons (Fsp3) is 0.714. The molecule has 2 aliphatic heterocycles. The molecule has 5 nitrogen and oxygen atoms in total. The lowest BCUT2D eigenvalue weighted by Gasteiger charge is -2.34. The van der Waals surface area contributed by atoms with Crippen LogP contribution in [0.3, 0.4) is 0 Å². The largest absolute Gasteiger partial charge is 0.351 e. The number of nitrogens with one attached hydrogen (secondary N) is 1. The summed E-state index contributed by atoms with van der Waals surface area (Å²) in [7, 11) is 0. The molecule has 3 rings (SSSR count). The molecule has 0 saturated carbocycles. The summed E-state index contributed by atoms with van der Waals surface area (Å²) in [5.74, 6) is 1.12. The monoisotopic (exact) mass is 263 g/mol. The Balaban J connectivity index is 1.58. The third kappa shape index (κ3) is 2.52. The first-order valence-electron chi connectivity index (χ1n) is 7.19. The van der Waals surface area contributed by atoms with Crippen molar-refractivity contribution in [3.8, 4) is 0 Å². The number of hydrogen-bond acceptors (Lipinski definition) is 4. The van der Waals surface area contributed by atoms with Gasteiger partial charge < -0.3 is 14.7 Å². The number of carbonyl (C=O) groups is 1. The minimum absolute atomic E-state index is 0.00664. The molecular formula is C14H21N3O2. The van der Waals surface area contributed by atoms with Gasteiger partial charge in [-0.25, -0.2) is 0 Å². The third-order valence-electron chi connectivity index (χ3n) is 4.44. The number of nitrogens with zero attached hydrogens (tertiary/aromatic N) is 2. The Labute approximate surface area is 113 Å². The molecule has 1 atom stereocenters. The van der Waals surface area contributed by atoms with E-state index in [9.17, 15) is 4.79 Å². The number of aromatic nitrogens is 1. The normalized spacial score (nSPS) is 24.9. The van der Waals surface area contributed by atoms with Gasteiger partial charge in [-0.1, -0.05) is 5.16 Å². The topological polar surface area (TPSA) is 58.4 Å². The number of rotatable bonds is 2. The van der Waals surface area contributed by atoms with Crippen molar-refractivity contribution in [3.05, 3.63) is 17.5 Å². The van der Waals surface area contributed by atoms with E-state index in [0.29, 0.717) is 11.8 Å². The van der Waals surface area contributed by atoms with E-state index in [1.165, 1.54) is 12.8 Å². The van der Waals surface area contributed by atoms with Gasteiger partial charge in [-0.3, -0.25) is 4.79 Å². The maximum absolute atomic E-state index is 12.3. The van der Waals surface area contributed by atoms with Crippen molar-refractivity contribution < 1.29 is 9.32 Å². The van der Waals surface area contributed by atoms with Crippen molar-refractivity contribution in [2.75, 3.05) is 19.6 Å². The van der Waals surface area contributed by atoms with Crippen LogP contribution in [0.25, 0.3) is 0 Å². The van der Waals surface area contributed by atoms with E-state index in [1.54, 1.807) is 6.20 Å². The Bertz CT molecular complexity index is 443. The zero-order valence-electron chi connectivity index (χ0n) is 11.4. The number of hydrogen-bond donors (Lipinski definition) is 1. The van der Waals surface area contributed by atoms with Gasteiger partial charge in [-0.2, -0.15) is 0 Å². The van der Waals surface area contributed by atoms with Gasteiger partial charge in [-0.15, -0.1) is 0 Å². The minimum Gasteiger partial charge on any atom is -0.351 e. The van der Waals surface area contributed by atoms with Gasteiger partial charge in [0.2, 0.25) is 5.76 Å². The minimum atomic E-state index is -0.00664. The molecule has 2 saturated heterocycles. The lowest BCUT2D eigenvalue weighted by Crippen LogP contribution is -2.43. The number of piperidine rings is 1. The molecule has 1 aromatic heterocycles.